The molecular formula is C32H34N6O3. The van der Waals surface area contributed by atoms with Crippen molar-refractivity contribution in [2.24, 2.45) is 0 Å². The number of rotatable bonds is 8. The number of carbonyl (C=O) groups excluding carboxylic acids is 1. The van der Waals surface area contributed by atoms with Crippen LogP contribution in [0, 0.1) is 0 Å². The fourth-order valence-corrected chi connectivity index (χ4v) is 5.09. The van der Waals surface area contributed by atoms with Crippen LogP contribution in [0.25, 0.3) is 22.2 Å². The van der Waals surface area contributed by atoms with Gasteiger partial charge in [-0.25, -0.2) is 14.8 Å². The van der Waals surface area contributed by atoms with Gasteiger partial charge >= 0.3 is 6.03 Å². The van der Waals surface area contributed by atoms with Crippen molar-refractivity contribution in [2.75, 3.05) is 17.7 Å². The number of carbonyl (C=O) groups is 1. The van der Waals surface area contributed by atoms with Crippen molar-refractivity contribution in [1.82, 2.24) is 19.1 Å². The van der Waals surface area contributed by atoms with Gasteiger partial charge in [0.15, 0.2) is 0 Å². The molecule has 0 aliphatic heterocycles. The van der Waals surface area contributed by atoms with Gasteiger partial charge in [-0.2, -0.15) is 0 Å². The van der Waals surface area contributed by atoms with Gasteiger partial charge in [-0.05, 0) is 52.8 Å². The number of imidazole rings is 1. The van der Waals surface area contributed by atoms with E-state index in [1.807, 2.05) is 54.6 Å². The third kappa shape index (κ3) is 5.56. The maximum Gasteiger partial charge on any atom is 0.323 e. The van der Waals surface area contributed by atoms with E-state index in [9.17, 15) is 9.59 Å². The molecule has 3 aromatic heterocycles. The predicted octanol–water partition coefficient (Wildman–Crippen LogP) is 6.67. The van der Waals surface area contributed by atoms with Crippen molar-refractivity contribution in [2.45, 2.75) is 46.2 Å². The van der Waals surface area contributed by atoms with Crippen LogP contribution >= 0.6 is 0 Å². The Morgan fingerprint density at radius 1 is 0.927 bits per heavy atom. The molecule has 0 atom stereocenters. The summed E-state index contributed by atoms with van der Waals surface area (Å²) in [5, 5.41) is 6.72. The monoisotopic (exact) mass is 550 g/mol. The van der Waals surface area contributed by atoms with Gasteiger partial charge in [0.1, 0.15) is 23.8 Å². The lowest BCUT2D eigenvalue weighted by Gasteiger charge is -2.22. The van der Waals surface area contributed by atoms with Crippen molar-refractivity contribution in [1.29, 1.82) is 0 Å². The summed E-state index contributed by atoms with van der Waals surface area (Å²) in [6.45, 7) is 8.54. The highest BCUT2D eigenvalue weighted by atomic mass is 16.5. The van der Waals surface area contributed by atoms with Gasteiger partial charge in [0.25, 0.3) is 5.56 Å². The number of hydrogen-bond acceptors (Lipinski definition) is 5. The summed E-state index contributed by atoms with van der Waals surface area (Å²) < 4.78 is 8.79. The number of pyridine rings is 2. The molecular weight excluding hydrogens is 516 g/mol. The zero-order valence-corrected chi connectivity index (χ0v) is 23.9. The molecule has 9 heteroatoms. The molecule has 0 radical (unpaired) electrons. The van der Waals surface area contributed by atoms with E-state index in [4.69, 9.17) is 4.74 Å². The van der Waals surface area contributed by atoms with E-state index >= 15 is 0 Å². The van der Waals surface area contributed by atoms with Crippen LogP contribution < -0.4 is 20.9 Å². The number of hydrogen-bond donors (Lipinski definition) is 2. The van der Waals surface area contributed by atoms with Gasteiger partial charge in [-0.3, -0.25) is 9.36 Å². The lowest BCUT2D eigenvalue weighted by Crippen LogP contribution is -2.31. The van der Waals surface area contributed by atoms with Gasteiger partial charge in [-0.1, -0.05) is 58.0 Å². The summed E-state index contributed by atoms with van der Waals surface area (Å²) >= 11 is 0. The predicted molar refractivity (Wildman–Crippen MR) is 163 cm³/mol. The number of fused-ring (bicyclic) bond motifs is 1. The lowest BCUT2D eigenvalue weighted by molar-refractivity contribution is 0.262. The molecule has 0 saturated heterocycles. The van der Waals surface area contributed by atoms with E-state index in [2.05, 4.69) is 48.3 Å². The number of urea groups is 1. The fraction of sp³-hybridized carbons (Fsp3) is 0.250. The SMILES string of the molecule is COc1cccc(-c2c(NC(=O)Nc3c(C(C)C)cccc3C(C)C)c(=O)n(Cn3ccnc3)c3ncccc23)c1. The topological polar surface area (TPSA) is 103 Å². The van der Waals surface area contributed by atoms with Gasteiger partial charge < -0.3 is 19.9 Å². The number of ether oxygens (including phenoxy) is 1. The molecule has 3 heterocycles. The maximum atomic E-state index is 14.2. The number of benzene rings is 2. The van der Waals surface area contributed by atoms with Crippen LogP contribution in [0.4, 0.5) is 16.2 Å². The Morgan fingerprint density at radius 2 is 1.63 bits per heavy atom. The van der Waals surface area contributed by atoms with E-state index < -0.39 is 6.03 Å². The quantitative estimate of drug-likeness (QED) is 0.225. The third-order valence-electron chi connectivity index (χ3n) is 7.09. The largest absolute Gasteiger partial charge is 0.497 e. The molecule has 2 N–H and O–H groups in total. The number of nitrogens with zero attached hydrogens (tertiary/aromatic N) is 4. The van der Waals surface area contributed by atoms with Crippen LogP contribution in [0.3, 0.4) is 0 Å². The van der Waals surface area contributed by atoms with Crippen molar-refractivity contribution < 1.29 is 9.53 Å². The summed E-state index contributed by atoms with van der Waals surface area (Å²) in [5.41, 5.74) is 4.34. The molecule has 0 aliphatic carbocycles. The first-order valence-electron chi connectivity index (χ1n) is 13.6. The number of amides is 2. The van der Waals surface area contributed by atoms with Crippen molar-refractivity contribution in [3.8, 4) is 16.9 Å². The van der Waals surface area contributed by atoms with E-state index in [1.165, 1.54) is 4.57 Å². The van der Waals surface area contributed by atoms with Crippen LogP contribution in [0.2, 0.25) is 0 Å². The molecule has 0 fully saturated rings. The second-order valence-electron chi connectivity index (χ2n) is 10.5. The summed E-state index contributed by atoms with van der Waals surface area (Å²) in [4.78, 5) is 36.6. The molecule has 5 aromatic rings. The summed E-state index contributed by atoms with van der Waals surface area (Å²) in [5.74, 6) is 1.01. The molecule has 41 heavy (non-hydrogen) atoms. The minimum Gasteiger partial charge on any atom is -0.497 e. The Balaban J connectivity index is 1.69. The van der Waals surface area contributed by atoms with Crippen LogP contribution in [0.15, 0.2) is 84.3 Å². The van der Waals surface area contributed by atoms with E-state index in [0.29, 0.717) is 22.3 Å². The zero-order valence-electron chi connectivity index (χ0n) is 23.9. The molecule has 5 rings (SSSR count). The highest BCUT2D eigenvalue weighted by Gasteiger charge is 2.23. The van der Waals surface area contributed by atoms with E-state index in [1.54, 1.807) is 36.6 Å². The minimum atomic E-state index is -0.501. The number of nitrogens with one attached hydrogen (secondary N) is 2. The molecule has 0 spiro atoms. The summed E-state index contributed by atoms with van der Waals surface area (Å²) in [6, 6.07) is 16.7. The van der Waals surface area contributed by atoms with Gasteiger partial charge in [0.05, 0.1) is 13.4 Å². The fourth-order valence-electron chi connectivity index (χ4n) is 5.09. The van der Waals surface area contributed by atoms with Crippen LogP contribution in [-0.2, 0) is 6.67 Å². The molecule has 210 valence electrons. The number of anilines is 2. The smallest absolute Gasteiger partial charge is 0.323 e. The van der Waals surface area contributed by atoms with Crippen molar-refractivity contribution >= 4 is 28.4 Å². The molecule has 9 nitrogen and oxygen atoms in total. The Labute approximate surface area is 238 Å². The first kappa shape index (κ1) is 27.6. The van der Waals surface area contributed by atoms with Crippen LogP contribution in [0.1, 0.15) is 50.7 Å². The third-order valence-corrected chi connectivity index (χ3v) is 7.09. The summed E-state index contributed by atoms with van der Waals surface area (Å²) in [6.07, 6.45) is 6.70. The highest BCUT2D eigenvalue weighted by molar-refractivity contribution is 6.07. The van der Waals surface area contributed by atoms with Gasteiger partial charge in [0, 0.05) is 35.2 Å². The van der Waals surface area contributed by atoms with Gasteiger partial charge in [0.2, 0.25) is 0 Å². The van der Waals surface area contributed by atoms with Crippen molar-refractivity contribution in [3.05, 3.63) is 101 Å². The number of methoxy groups -OCH3 is 1. The normalized spacial score (nSPS) is 11.3. The van der Waals surface area contributed by atoms with E-state index in [-0.39, 0.29) is 29.8 Å². The van der Waals surface area contributed by atoms with Gasteiger partial charge in [-0.15, -0.1) is 0 Å². The highest BCUT2D eigenvalue weighted by Crippen LogP contribution is 2.36. The Hall–Kier alpha value is -4.92. The van der Waals surface area contributed by atoms with Crippen molar-refractivity contribution in [3.63, 3.8) is 0 Å². The van der Waals surface area contributed by atoms with E-state index in [0.717, 1.165) is 22.4 Å². The zero-order chi connectivity index (χ0) is 29.1. The number of para-hydroxylation sites is 1. The summed E-state index contributed by atoms with van der Waals surface area (Å²) in [7, 11) is 1.59. The second kappa shape index (κ2) is 11.7. The number of aromatic nitrogens is 4. The van der Waals surface area contributed by atoms with Crippen LogP contribution in [-0.4, -0.2) is 32.2 Å². The lowest BCUT2D eigenvalue weighted by atomic mass is 9.93. The Bertz CT molecular complexity index is 1730. The Morgan fingerprint density at radius 3 is 2.29 bits per heavy atom. The molecule has 2 aromatic carbocycles. The maximum absolute atomic E-state index is 14.2. The second-order valence-corrected chi connectivity index (χ2v) is 10.5. The van der Waals surface area contributed by atoms with Crippen LogP contribution in [0.5, 0.6) is 5.75 Å². The minimum absolute atomic E-state index is 0.143. The standard InChI is InChI=1S/C32H34N6O3/c1-20(2)24-11-7-12-25(21(3)4)28(24)35-32(40)36-29-27(22-9-6-10-23(17-22)41-5)26-13-8-14-34-30(26)38(31(29)39)19-37-16-15-33-18-37/h6-18,20-21H,19H2,1-5H3,(H2,35,36,40). The first-order valence-corrected chi connectivity index (χ1v) is 13.6. The molecule has 0 saturated carbocycles. The molecule has 0 aliphatic rings. The first-order chi connectivity index (χ1) is 19.8. The average molecular weight is 551 g/mol. The average Bonchev–Trinajstić information content (AvgIpc) is 3.48. The Kier molecular flexibility index (Phi) is 7.87. The molecule has 0 unspecified atom stereocenters. The molecule has 2 amide bonds. The molecule has 0 bridgehead atoms.